The van der Waals surface area contributed by atoms with E-state index in [0.29, 0.717) is 0 Å². The van der Waals surface area contributed by atoms with Crippen LogP contribution in [-0.2, 0) is 0 Å². The van der Waals surface area contributed by atoms with Gasteiger partial charge >= 0.3 is 6.03 Å². The quantitative estimate of drug-likeness (QED) is 0.636. The Labute approximate surface area is 151 Å². The average Bonchev–Trinajstić information content (AvgIpc) is 3.21. The summed E-state index contributed by atoms with van der Waals surface area (Å²) < 4.78 is 1.67. The van der Waals surface area contributed by atoms with E-state index >= 15 is 0 Å². The molecule has 0 spiro atoms. The van der Waals surface area contributed by atoms with E-state index in [2.05, 4.69) is 20.7 Å². The first-order valence-electron chi connectivity index (χ1n) is 8.35. The molecule has 0 aliphatic rings. The molecule has 7 nitrogen and oxygen atoms in total. The summed E-state index contributed by atoms with van der Waals surface area (Å²) >= 11 is 0. The molecule has 0 saturated carbocycles. The molecule has 7 heteroatoms. The van der Waals surface area contributed by atoms with Crippen molar-refractivity contribution < 1.29 is 9.90 Å². The van der Waals surface area contributed by atoms with Crippen LogP contribution in [-0.4, -0.2) is 32.5 Å². The van der Waals surface area contributed by atoms with Crippen LogP contribution in [0, 0.1) is 0 Å². The molecule has 0 radical (unpaired) electrons. The fraction of sp³-hybridized carbons (Fsp3) is 0.211. The van der Waals surface area contributed by atoms with Crippen molar-refractivity contribution in [2.24, 2.45) is 0 Å². The van der Waals surface area contributed by atoms with Gasteiger partial charge in [-0.3, -0.25) is 0 Å². The zero-order chi connectivity index (χ0) is 18.4. The van der Waals surface area contributed by atoms with Crippen LogP contribution < -0.4 is 10.6 Å². The topological polar surface area (TPSA) is 92.1 Å². The minimum absolute atomic E-state index is 0.168. The zero-order valence-corrected chi connectivity index (χ0v) is 14.4. The number of nitrogens with zero attached hydrogens (tertiary/aromatic N) is 3. The zero-order valence-electron chi connectivity index (χ0n) is 14.4. The summed E-state index contributed by atoms with van der Waals surface area (Å²) in [4.78, 5) is 16.2. The van der Waals surface area contributed by atoms with Gasteiger partial charge in [0.15, 0.2) is 0 Å². The lowest BCUT2D eigenvalue weighted by Crippen LogP contribution is -2.40. The summed E-state index contributed by atoms with van der Waals surface area (Å²) in [6.45, 7) is 1.74. The molecule has 1 heterocycles. The summed E-state index contributed by atoms with van der Waals surface area (Å²) in [6.07, 6.45) is 3.11. The Hall–Kier alpha value is -3.19. The molecule has 3 rings (SSSR count). The third-order valence-electron chi connectivity index (χ3n) is 4.11. The van der Waals surface area contributed by atoms with Gasteiger partial charge in [-0.25, -0.2) is 14.5 Å². The molecule has 0 saturated heterocycles. The van der Waals surface area contributed by atoms with Gasteiger partial charge in [0.1, 0.15) is 12.7 Å². The van der Waals surface area contributed by atoms with Crippen LogP contribution in [0.15, 0.2) is 67.3 Å². The lowest BCUT2D eigenvalue weighted by molar-refractivity contribution is 0.214. The normalized spacial score (nSPS) is 13.0. The number of aliphatic hydroxyl groups is 1. The number of urea groups is 1. The third-order valence-corrected chi connectivity index (χ3v) is 4.11. The van der Waals surface area contributed by atoms with Crippen LogP contribution in [0.2, 0.25) is 0 Å². The van der Waals surface area contributed by atoms with E-state index in [1.165, 1.54) is 6.33 Å². The number of hydrogen-bond acceptors (Lipinski definition) is 4. The van der Waals surface area contributed by atoms with Crippen molar-refractivity contribution in [3.8, 4) is 5.69 Å². The van der Waals surface area contributed by atoms with Crippen LogP contribution in [0.4, 0.5) is 4.79 Å². The molecule has 0 aliphatic carbocycles. The minimum Gasteiger partial charge on any atom is -0.394 e. The lowest BCUT2D eigenvalue weighted by Gasteiger charge is -2.20. The maximum Gasteiger partial charge on any atom is 0.315 e. The van der Waals surface area contributed by atoms with Crippen LogP contribution in [0.3, 0.4) is 0 Å². The number of aromatic nitrogens is 3. The Morgan fingerprint density at radius 1 is 1.08 bits per heavy atom. The number of amides is 2. The van der Waals surface area contributed by atoms with Crippen molar-refractivity contribution in [2.75, 3.05) is 6.61 Å². The molecule has 2 unspecified atom stereocenters. The van der Waals surface area contributed by atoms with Crippen molar-refractivity contribution in [3.05, 3.63) is 78.4 Å². The van der Waals surface area contributed by atoms with Gasteiger partial charge in [0.25, 0.3) is 0 Å². The molecule has 2 aromatic carbocycles. The van der Waals surface area contributed by atoms with Gasteiger partial charge in [0.05, 0.1) is 24.4 Å². The maximum atomic E-state index is 12.3. The Kier molecular flexibility index (Phi) is 5.60. The molecule has 0 bridgehead atoms. The second-order valence-corrected chi connectivity index (χ2v) is 5.92. The monoisotopic (exact) mass is 351 g/mol. The van der Waals surface area contributed by atoms with Crippen molar-refractivity contribution in [1.29, 1.82) is 0 Å². The summed E-state index contributed by atoms with van der Waals surface area (Å²) in [5, 5.41) is 19.3. The lowest BCUT2D eigenvalue weighted by atomic mass is 10.1. The predicted octanol–water partition coefficient (Wildman–Crippen LogP) is 2.36. The first-order chi connectivity index (χ1) is 12.7. The Morgan fingerprint density at radius 2 is 1.81 bits per heavy atom. The molecular formula is C19H21N5O2. The number of hydrogen-bond donors (Lipinski definition) is 3. The van der Waals surface area contributed by atoms with Gasteiger partial charge in [0, 0.05) is 0 Å². The first kappa shape index (κ1) is 17.6. The molecule has 134 valence electrons. The second kappa shape index (κ2) is 8.26. The van der Waals surface area contributed by atoms with Gasteiger partial charge in [0.2, 0.25) is 0 Å². The molecule has 0 aliphatic heterocycles. The number of rotatable bonds is 6. The average molecular weight is 351 g/mol. The van der Waals surface area contributed by atoms with Gasteiger partial charge in [-0.1, -0.05) is 42.5 Å². The van der Waals surface area contributed by atoms with Crippen molar-refractivity contribution in [2.45, 2.75) is 19.0 Å². The molecule has 2 atom stereocenters. The van der Waals surface area contributed by atoms with Crippen LogP contribution >= 0.6 is 0 Å². The fourth-order valence-corrected chi connectivity index (χ4v) is 2.66. The highest BCUT2D eigenvalue weighted by Gasteiger charge is 2.15. The SMILES string of the molecule is CC(NC(=O)NC(CO)c1ccccc1)c1ccc(-n2cncn2)cc1. The Morgan fingerprint density at radius 3 is 2.42 bits per heavy atom. The summed E-state index contributed by atoms with van der Waals surface area (Å²) in [6, 6.07) is 16.1. The number of carbonyl (C=O) groups is 1. The summed E-state index contributed by atoms with van der Waals surface area (Å²) in [5.74, 6) is 0. The van der Waals surface area contributed by atoms with E-state index in [1.807, 2.05) is 61.5 Å². The van der Waals surface area contributed by atoms with Crippen LogP contribution in [0.25, 0.3) is 5.69 Å². The van der Waals surface area contributed by atoms with E-state index in [0.717, 1.165) is 16.8 Å². The second-order valence-electron chi connectivity index (χ2n) is 5.92. The molecule has 26 heavy (non-hydrogen) atoms. The molecule has 0 fully saturated rings. The van der Waals surface area contributed by atoms with Crippen molar-refractivity contribution in [1.82, 2.24) is 25.4 Å². The van der Waals surface area contributed by atoms with Gasteiger partial charge in [-0.05, 0) is 30.2 Å². The van der Waals surface area contributed by atoms with Crippen molar-refractivity contribution in [3.63, 3.8) is 0 Å². The fourth-order valence-electron chi connectivity index (χ4n) is 2.66. The van der Waals surface area contributed by atoms with E-state index in [1.54, 1.807) is 11.0 Å². The highest BCUT2D eigenvalue weighted by molar-refractivity contribution is 5.75. The molecule has 1 aromatic heterocycles. The van der Waals surface area contributed by atoms with Gasteiger partial charge in [-0.2, -0.15) is 5.10 Å². The van der Waals surface area contributed by atoms with Crippen LogP contribution in [0.5, 0.6) is 0 Å². The van der Waals surface area contributed by atoms with Crippen molar-refractivity contribution >= 4 is 6.03 Å². The number of carbonyl (C=O) groups excluding carboxylic acids is 1. The number of benzene rings is 2. The van der Waals surface area contributed by atoms with Crippen LogP contribution in [0.1, 0.15) is 30.1 Å². The largest absolute Gasteiger partial charge is 0.394 e. The van der Waals surface area contributed by atoms with Gasteiger partial charge in [-0.15, -0.1) is 0 Å². The molecule has 3 N–H and O–H groups in total. The van der Waals surface area contributed by atoms with E-state index in [4.69, 9.17) is 0 Å². The van der Waals surface area contributed by atoms with E-state index in [9.17, 15) is 9.90 Å². The molecule has 3 aromatic rings. The minimum atomic E-state index is -0.446. The smallest absolute Gasteiger partial charge is 0.315 e. The maximum absolute atomic E-state index is 12.3. The van der Waals surface area contributed by atoms with E-state index in [-0.39, 0.29) is 18.7 Å². The van der Waals surface area contributed by atoms with Gasteiger partial charge < -0.3 is 15.7 Å². The predicted molar refractivity (Wildman–Crippen MR) is 97.7 cm³/mol. The standard InChI is InChI=1S/C19H21N5O2/c1-14(15-7-9-17(10-8-15)24-13-20-12-21-24)22-19(26)23-18(11-25)16-5-3-2-4-6-16/h2-10,12-14,18,25H,11H2,1H3,(H2,22,23,26). The Bertz CT molecular complexity index is 819. The first-order valence-corrected chi connectivity index (χ1v) is 8.35. The van der Waals surface area contributed by atoms with E-state index < -0.39 is 6.04 Å². The highest BCUT2D eigenvalue weighted by atomic mass is 16.3. The number of aliphatic hydroxyl groups excluding tert-OH is 1. The summed E-state index contributed by atoms with van der Waals surface area (Å²) in [5.41, 5.74) is 2.71. The molecular weight excluding hydrogens is 330 g/mol. The highest BCUT2D eigenvalue weighted by Crippen LogP contribution is 2.16. The third kappa shape index (κ3) is 4.25. The number of nitrogens with one attached hydrogen (secondary N) is 2. The Balaban J connectivity index is 1.60. The molecule has 2 amide bonds. The summed E-state index contributed by atoms with van der Waals surface area (Å²) in [7, 11) is 0.